The van der Waals surface area contributed by atoms with Gasteiger partial charge in [0.25, 0.3) is 0 Å². The van der Waals surface area contributed by atoms with Crippen molar-refractivity contribution in [2.75, 3.05) is 7.11 Å². The van der Waals surface area contributed by atoms with Gasteiger partial charge >= 0.3 is 5.97 Å². The zero-order valence-corrected chi connectivity index (χ0v) is 12.9. The maximum Gasteiger partial charge on any atom is 0.328 e. The van der Waals surface area contributed by atoms with Crippen molar-refractivity contribution in [3.63, 3.8) is 0 Å². The van der Waals surface area contributed by atoms with Gasteiger partial charge in [-0.2, -0.15) is 0 Å². The van der Waals surface area contributed by atoms with Gasteiger partial charge in [-0.25, -0.2) is 4.79 Å². The second-order valence-electron chi connectivity index (χ2n) is 4.66. The van der Waals surface area contributed by atoms with Crippen molar-refractivity contribution in [3.8, 4) is 0 Å². The zero-order chi connectivity index (χ0) is 15.1. The van der Waals surface area contributed by atoms with Crippen LogP contribution in [0.25, 0.3) is 0 Å². The summed E-state index contributed by atoms with van der Waals surface area (Å²) in [7, 11) is 1.28. The zero-order valence-electron chi connectivity index (χ0n) is 12.1. The average molecular weight is 288 g/mol. The highest BCUT2D eigenvalue weighted by atomic mass is 32.1. The number of nitrogens with one attached hydrogen (secondary N) is 1. The van der Waals surface area contributed by atoms with Crippen LogP contribution in [-0.2, 0) is 14.3 Å². The molecule has 1 atom stereocenters. The summed E-state index contributed by atoms with van der Waals surface area (Å²) in [5.74, 6) is -0.778. The first-order chi connectivity index (χ1) is 8.85. The Morgan fingerprint density at radius 1 is 1.32 bits per heavy atom. The second kappa shape index (κ2) is 8.09. The summed E-state index contributed by atoms with van der Waals surface area (Å²) < 4.78 is 4.59. The van der Waals surface area contributed by atoms with E-state index in [2.05, 4.69) is 10.1 Å². The maximum atomic E-state index is 12.4. The van der Waals surface area contributed by atoms with Crippen molar-refractivity contribution >= 4 is 29.1 Å². The molecule has 110 valence electrons. The van der Waals surface area contributed by atoms with E-state index in [1.807, 2.05) is 13.8 Å². The summed E-state index contributed by atoms with van der Waals surface area (Å²) in [5.41, 5.74) is 4.91. The molecule has 0 radical (unpaired) electrons. The van der Waals surface area contributed by atoms with Gasteiger partial charge in [-0.05, 0) is 19.8 Å². The Labute approximate surface area is 120 Å². The molecule has 0 bridgehead atoms. The van der Waals surface area contributed by atoms with E-state index >= 15 is 0 Å². The molecule has 1 unspecified atom stereocenters. The molecular formula is C13H24N2O3S. The smallest absolute Gasteiger partial charge is 0.328 e. The first-order valence-corrected chi connectivity index (χ1v) is 6.95. The van der Waals surface area contributed by atoms with E-state index in [-0.39, 0.29) is 10.9 Å². The Morgan fingerprint density at radius 3 is 2.11 bits per heavy atom. The van der Waals surface area contributed by atoms with E-state index < -0.39 is 17.4 Å². The number of esters is 1. The fourth-order valence-electron chi connectivity index (χ4n) is 2.13. The maximum absolute atomic E-state index is 12.4. The van der Waals surface area contributed by atoms with Gasteiger partial charge in [0.1, 0.15) is 6.04 Å². The van der Waals surface area contributed by atoms with E-state index in [1.54, 1.807) is 6.92 Å². The van der Waals surface area contributed by atoms with Crippen LogP contribution >= 0.6 is 12.2 Å². The first kappa shape index (κ1) is 17.8. The predicted octanol–water partition coefficient (Wildman–Crippen LogP) is 1.54. The van der Waals surface area contributed by atoms with Crippen molar-refractivity contribution in [1.29, 1.82) is 0 Å². The highest BCUT2D eigenvalue weighted by Crippen LogP contribution is 2.31. The first-order valence-electron chi connectivity index (χ1n) is 6.54. The van der Waals surface area contributed by atoms with Crippen LogP contribution in [-0.4, -0.2) is 30.0 Å². The fourth-order valence-corrected chi connectivity index (χ4v) is 2.43. The molecule has 0 saturated heterocycles. The summed E-state index contributed by atoms with van der Waals surface area (Å²) in [6.07, 6.45) is 2.74. The largest absolute Gasteiger partial charge is 0.467 e. The molecule has 5 nitrogen and oxygen atoms in total. The topological polar surface area (TPSA) is 81.4 Å². The third-order valence-corrected chi connectivity index (χ3v) is 3.55. The molecule has 0 saturated carbocycles. The van der Waals surface area contributed by atoms with Gasteiger partial charge < -0.3 is 15.8 Å². The number of amides is 1. The quantitative estimate of drug-likeness (QED) is 0.523. The number of hydrogen-bond acceptors (Lipinski definition) is 4. The number of ether oxygens (including phenoxy) is 1. The highest BCUT2D eigenvalue weighted by Gasteiger charge is 2.40. The molecule has 1 amide bonds. The SMILES string of the molecule is CCCC(CCC)(C(=O)NC(C)C(=O)OC)C(N)=S. The summed E-state index contributed by atoms with van der Waals surface area (Å²) >= 11 is 5.08. The van der Waals surface area contributed by atoms with Gasteiger partial charge in [-0.3, -0.25) is 4.79 Å². The third-order valence-electron chi connectivity index (χ3n) is 3.16. The van der Waals surface area contributed by atoms with Gasteiger partial charge in [0.2, 0.25) is 5.91 Å². The Balaban J connectivity index is 5.09. The average Bonchev–Trinajstić information content (AvgIpc) is 2.36. The summed E-state index contributed by atoms with van der Waals surface area (Å²) in [5, 5.41) is 2.64. The number of carbonyl (C=O) groups is 2. The van der Waals surface area contributed by atoms with Crippen molar-refractivity contribution in [2.45, 2.75) is 52.5 Å². The van der Waals surface area contributed by atoms with E-state index in [0.717, 1.165) is 12.8 Å². The molecule has 0 aromatic carbocycles. The van der Waals surface area contributed by atoms with Crippen molar-refractivity contribution in [1.82, 2.24) is 5.32 Å². The number of carbonyl (C=O) groups excluding carboxylic acids is 2. The van der Waals surface area contributed by atoms with Crippen molar-refractivity contribution < 1.29 is 14.3 Å². The molecule has 6 heteroatoms. The molecule has 0 spiro atoms. The number of nitrogens with two attached hydrogens (primary N) is 1. The van der Waals surface area contributed by atoms with Crippen LogP contribution in [0.5, 0.6) is 0 Å². The molecular weight excluding hydrogens is 264 g/mol. The lowest BCUT2D eigenvalue weighted by Crippen LogP contribution is -2.52. The van der Waals surface area contributed by atoms with Gasteiger partial charge in [-0.1, -0.05) is 38.9 Å². The molecule has 0 aliphatic carbocycles. The normalized spacial score (nSPS) is 12.6. The van der Waals surface area contributed by atoms with Crippen molar-refractivity contribution in [2.24, 2.45) is 11.1 Å². The molecule has 0 heterocycles. The Morgan fingerprint density at radius 2 is 1.79 bits per heavy atom. The minimum absolute atomic E-state index is 0.186. The predicted molar refractivity (Wildman–Crippen MR) is 78.7 cm³/mol. The summed E-state index contributed by atoms with van der Waals surface area (Å²) in [4.78, 5) is 24.0. The Bertz CT molecular complexity index is 339. The van der Waals surface area contributed by atoms with Crippen LogP contribution in [0.1, 0.15) is 46.5 Å². The summed E-state index contributed by atoms with van der Waals surface area (Å²) in [6, 6.07) is -0.708. The third kappa shape index (κ3) is 4.45. The van der Waals surface area contributed by atoms with Gasteiger partial charge in [-0.15, -0.1) is 0 Å². The number of rotatable bonds is 8. The molecule has 0 aliphatic heterocycles. The van der Waals surface area contributed by atoms with Crippen LogP contribution < -0.4 is 11.1 Å². The van der Waals surface area contributed by atoms with Gasteiger partial charge in [0, 0.05) is 0 Å². The lowest BCUT2D eigenvalue weighted by atomic mass is 9.78. The van der Waals surface area contributed by atoms with Crippen LogP contribution in [0.4, 0.5) is 0 Å². The molecule has 0 fully saturated rings. The monoisotopic (exact) mass is 288 g/mol. The molecule has 0 aromatic rings. The van der Waals surface area contributed by atoms with Crippen LogP contribution in [0.3, 0.4) is 0 Å². The van der Waals surface area contributed by atoms with Crippen LogP contribution in [0.2, 0.25) is 0 Å². The molecule has 3 N–H and O–H groups in total. The summed E-state index contributed by atoms with van der Waals surface area (Å²) in [6.45, 7) is 5.52. The van der Waals surface area contributed by atoms with Crippen molar-refractivity contribution in [3.05, 3.63) is 0 Å². The van der Waals surface area contributed by atoms with E-state index in [9.17, 15) is 9.59 Å². The molecule has 19 heavy (non-hydrogen) atoms. The van der Waals surface area contributed by atoms with Gasteiger partial charge in [0.05, 0.1) is 17.5 Å². The number of hydrogen-bond donors (Lipinski definition) is 2. The fraction of sp³-hybridized carbons (Fsp3) is 0.769. The molecule has 0 rings (SSSR count). The van der Waals surface area contributed by atoms with E-state index in [0.29, 0.717) is 12.8 Å². The Hall–Kier alpha value is -1.17. The minimum atomic E-state index is -0.874. The molecule has 0 aromatic heterocycles. The Kier molecular flexibility index (Phi) is 7.59. The van der Waals surface area contributed by atoms with E-state index in [4.69, 9.17) is 18.0 Å². The van der Waals surface area contributed by atoms with Gasteiger partial charge in [0.15, 0.2) is 0 Å². The van der Waals surface area contributed by atoms with Crippen LogP contribution in [0.15, 0.2) is 0 Å². The number of methoxy groups -OCH3 is 1. The lowest BCUT2D eigenvalue weighted by molar-refractivity contribution is -0.145. The molecule has 0 aliphatic rings. The van der Waals surface area contributed by atoms with E-state index in [1.165, 1.54) is 7.11 Å². The lowest BCUT2D eigenvalue weighted by Gasteiger charge is -2.31. The minimum Gasteiger partial charge on any atom is -0.467 e. The number of thiocarbonyl (C=S) groups is 1. The highest BCUT2D eigenvalue weighted by molar-refractivity contribution is 7.80. The standard InChI is InChI=1S/C13H24N2O3S/c1-5-7-13(8-6-2,11(14)19)12(17)15-9(3)10(16)18-4/h9H,5-8H2,1-4H3,(H2,14,19)(H,15,17). The van der Waals surface area contributed by atoms with Crippen LogP contribution in [0, 0.1) is 5.41 Å². The second-order valence-corrected chi connectivity index (χ2v) is 5.10.